The standard InChI is InChI=1S/C15H16BrN5O/c16-8-5-10-12-11(21-15(10)20-6-8)7-19-14(17)13(12)22-9-1-3-18-4-2-9/h5-7,9,18H,1-4H2,(H2,17,19)(H,20,21). The Balaban J connectivity index is 1.89. The summed E-state index contributed by atoms with van der Waals surface area (Å²) >= 11 is 3.47. The van der Waals surface area contributed by atoms with Gasteiger partial charge in [0.05, 0.1) is 17.1 Å². The minimum atomic E-state index is 0.168. The van der Waals surface area contributed by atoms with Gasteiger partial charge < -0.3 is 20.8 Å². The minimum Gasteiger partial charge on any atom is -0.486 e. The number of aromatic amines is 1. The van der Waals surface area contributed by atoms with Gasteiger partial charge in [-0.25, -0.2) is 9.97 Å². The topological polar surface area (TPSA) is 88.9 Å². The van der Waals surface area contributed by atoms with Crippen molar-refractivity contribution in [2.75, 3.05) is 18.8 Å². The van der Waals surface area contributed by atoms with Gasteiger partial charge >= 0.3 is 0 Å². The molecule has 1 fully saturated rings. The van der Waals surface area contributed by atoms with E-state index >= 15 is 0 Å². The maximum absolute atomic E-state index is 6.22. The number of rotatable bonds is 2. The van der Waals surface area contributed by atoms with E-state index in [9.17, 15) is 0 Å². The average Bonchev–Trinajstić information content (AvgIpc) is 2.89. The molecule has 1 aliphatic heterocycles. The van der Waals surface area contributed by atoms with Crippen LogP contribution in [0.1, 0.15) is 12.8 Å². The summed E-state index contributed by atoms with van der Waals surface area (Å²) in [6.45, 7) is 1.93. The fourth-order valence-electron chi connectivity index (χ4n) is 2.93. The number of halogens is 1. The predicted molar refractivity (Wildman–Crippen MR) is 90.0 cm³/mol. The average molecular weight is 362 g/mol. The zero-order chi connectivity index (χ0) is 15.1. The molecule has 4 rings (SSSR count). The zero-order valence-electron chi connectivity index (χ0n) is 11.9. The molecule has 114 valence electrons. The lowest BCUT2D eigenvalue weighted by atomic mass is 10.1. The second kappa shape index (κ2) is 5.40. The molecule has 1 saturated heterocycles. The number of aromatic nitrogens is 3. The number of ether oxygens (including phenoxy) is 1. The van der Waals surface area contributed by atoms with Gasteiger partial charge in [0.25, 0.3) is 0 Å². The largest absolute Gasteiger partial charge is 0.486 e. The molecule has 0 atom stereocenters. The van der Waals surface area contributed by atoms with Crippen LogP contribution in [-0.2, 0) is 0 Å². The number of anilines is 1. The van der Waals surface area contributed by atoms with E-state index in [0.29, 0.717) is 11.6 Å². The van der Waals surface area contributed by atoms with Crippen LogP contribution >= 0.6 is 15.9 Å². The normalized spacial score (nSPS) is 16.4. The summed E-state index contributed by atoms with van der Waals surface area (Å²) < 4.78 is 7.14. The van der Waals surface area contributed by atoms with Gasteiger partial charge in [-0.3, -0.25) is 0 Å². The van der Waals surface area contributed by atoms with Gasteiger partial charge in [-0.2, -0.15) is 0 Å². The molecule has 0 saturated carbocycles. The molecule has 0 unspecified atom stereocenters. The first-order valence-electron chi connectivity index (χ1n) is 7.31. The number of H-pyrrole nitrogens is 1. The summed E-state index contributed by atoms with van der Waals surface area (Å²) in [7, 11) is 0. The van der Waals surface area contributed by atoms with E-state index in [4.69, 9.17) is 10.5 Å². The van der Waals surface area contributed by atoms with E-state index in [1.54, 1.807) is 12.4 Å². The lowest BCUT2D eigenvalue weighted by molar-refractivity contribution is 0.165. The highest BCUT2D eigenvalue weighted by molar-refractivity contribution is 9.10. The molecule has 0 amide bonds. The Kier molecular flexibility index (Phi) is 3.38. The van der Waals surface area contributed by atoms with Gasteiger partial charge in [-0.05, 0) is 47.9 Å². The third kappa shape index (κ3) is 2.30. The number of nitrogens with one attached hydrogen (secondary N) is 2. The molecule has 0 bridgehead atoms. The smallest absolute Gasteiger partial charge is 0.171 e. The van der Waals surface area contributed by atoms with Crippen LogP contribution in [0.5, 0.6) is 5.75 Å². The maximum Gasteiger partial charge on any atom is 0.171 e. The fourth-order valence-corrected chi connectivity index (χ4v) is 3.26. The molecule has 6 nitrogen and oxygen atoms in total. The van der Waals surface area contributed by atoms with Crippen LogP contribution in [0.4, 0.5) is 5.82 Å². The number of pyridine rings is 2. The van der Waals surface area contributed by atoms with Crippen molar-refractivity contribution in [2.45, 2.75) is 18.9 Å². The molecule has 0 aliphatic carbocycles. The molecule has 0 spiro atoms. The van der Waals surface area contributed by atoms with E-state index in [1.807, 2.05) is 6.07 Å². The summed E-state index contributed by atoms with van der Waals surface area (Å²) in [6.07, 6.45) is 5.61. The number of nitrogens with zero attached hydrogens (tertiary/aromatic N) is 2. The Morgan fingerprint density at radius 1 is 1.23 bits per heavy atom. The van der Waals surface area contributed by atoms with Gasteiger partial charge in [0.2, 0.25) is 0 Å². The Morgan fingerprint density at radius 2 is 2.05 bits per heavy atom. The van der Waals surface area contributed by atoms with Crippen LogP contribution in [0.2, 0.25) is 0 Å². The van der Waals surface area contributed by atoms with Crippen molar-refractivity contribution in [3.8, 4) is 5.75 Å². The summed E-state index contributed by atoms with van der Waals surface area (Å²) in [4.78, 5) is 11.9. The molecule has 4 N–H and O–H groups in total. The highest BCUT2D eigenvalue weighted by Gasteiger charge is 2.20. The number of nitrogens with two attached hydrogens (primary N) is 1. The van der Waals surface area contributed by atoms with Crippen LogP contribution in [-0.4, -0.2) is 34.1 Å². The molecule has 4 heterocycles. The van der Waals surface area contributed by atoms with Crippen LogP contribution in [0, 0.1) is 0 Å². The lowest BCUT2D eigenvalue weighted by Gasteiger charge is -2.24. The number of fused-ring (bicyclic) bond motifs is 3. The number of nitrogen functional groups attached to an aromatic ring is 1. The van der Waals surface area contributed by atoms with Gasteiger partial charge in [0, 0.05) is 16.1 Å². The molecule has 0 aromatic carbocycles. The monoisotopic (exact) mass is 361 g/mol. The van der Waals surface area contributed by atoms with Crippen molar-refractivity contribution < 1.29 is 4.74 Å². The Morgan fingerprint density at radius 3 is 2.86 bits per heavy atom. The van der Waals surface area contributed by atoms with E-state index in [-0.39, 0.29) is 6.10 Å². The van der Waals surface area contributed by atoms with E-state index in [1.165, 1.54) is 0 Å². The fraction of sp³-hybridized carbons (Fsp3) is 0.333. The molecule has 1 aliphatic rings. The lowest BCUT2D eigenvalue weighted by Crippen LogP contribution is -2.34. The second-order valence-corrected chi connectivity index (χ2v) is 6.42. The molecular formula is C15H16BrN5O. The predicted octanol–water partition coefficient (Wildman–Crippen LogP) is 2.59. The van der Waals surface area contributed by atoms with E-state index < -0.39 is 0 Å². The third-order valence-corrected chi connectivity index (χ3v) is 4.44. The number of hydrogen-bond acceptors (Lipinski definition) is 5. The molecule has 22 heavy (non-hydrogen) atoms. The van der Waals surface area contributed by atoms with Crippen LogP contribution in [0.15, 0.2) is 22.9 Å². The van der Waals surface area contributed by atoms with Crippen molar-refractivity contribution in [3.63, 3.8) is 0 Å². The quantitative estimate of drug-likeness (QED) is 0.652. The molecule has 3 aromatic heterocycles. The first-order chi connectivity index (χ1) is 10.7. The highest BCUT2D eigenvalue weighted by Crippen LogP contribution is 2.37. The molecular weight excluding hydrogens is 346 g/mol. The zero-order valence-corrected chi connectivity index (χ0v) is 13.5. The van der Waals surface area contributed by atoms with E-state index in [0.717, 1.165) is 52.3 Å². The van der Waals surface area contributed by atoms with Crippen LogP contribution in [0.25, 0.3) is 21.9 Å². The number of piperidine rings is 1. The van der Waals surface area contributed by atoms with Crippen molar-refractivity contribution in [3.05, 3.63) is 22.9 Å². The van der Waals surface area contributed by atoms with Gasteiger partial charge in [-0.15, -0.1) is 0 Å². The summed E-state index contributed by atoms with van der Waals surface area (Å²) in [6, 6.07) is 2.02. The molecule has 0 radical (unpaired) electrons. The van der Waals surface area contributed by atoms with Gasteiger partial charge in [0.1, 0.15) is 11.8 Å². The summed E-state index contributed by atoms with van der Waals surface area (Å²) in [5.74, 6) is 1.09. The van der Waals surface area contributed by atoms with Crippen molar-refractivity contribution in [2.24, 2.45) is 0 Å². The SMILES string of the molecule is Nc1ncc2[nH]c3ncc(Br)cc3c2c1OC1CCNCC1. The van der Waals surface area contributed by atoms with Crippen molar-refractivity contribution >= 4 is 43.7 Å². The number of hydrogen-bond donors (Lipinski definition) is 3. The molecule has 3 aromatic rings. The van der Waals surface area contributed by atoms with Crippen molar-refractivity contribution in [1.82, 2.24) is 20.3 Å². The van der Waals surface area contributed by atoms with E-state index in [2.05, 4.69) is 36.2 Å². The first-order valence-corrected chi connectivity index (χ1v) is 8.10. The van der Waals surface area contributed by atoms with Crippen molar-refractivity contribution in [1.29, 1.82) is 0 Å². The highest BCUT2D eigenvalue weighted by atomic mass is 79.9. The van der Waals surface area contributed by atoms with Crippen LogP contribution in [0.3, 0.4) is 0 Å². The summed E-state index contributed by atoms with van der Waals surface area (Å²) in [5.41, 5.74) is 7.79. The summed E-state index contributed by atoms with van der Waals surface area (Å²) in [5, 5.41) is 5.28. The Bertz CT molecular complexity index is 841. The molecule has 7 heteroatoms. The first kappa shape index (κ1) is 13.8. The van der Waals surface area contributed by atoms with Crippen LogP contribution < -0.4 is 15.8 Å². The maximum atomic E-state index is 6.22. The van der Waals surface area contributed by atoms with Gasteiger partial charge in [0.15, 0.2) is 11.6 Å². The van der Waals surface area contributed by atoms with Gasteiger partial charge in [-0.1, -0.05) is 0 Å². The Labute approximate surface area is 135 Å². The minimum absolute atomic E-state index is 0.168. The third-order valence-electron chi connectivity index (χ3n) is 4.01. The second-order valence-electron chi connectivity index (χ2n) is 5.50. The Hall–Kier alpha value is -1.86.